The molecular formula is C34H49N5O3S2. The van der Waals surface area contributed by atoms with Gasteiger partial charge in [-0.05, 0) is 94.7 Å². The number of fused-ring (bicyclic) bond motifs is 1. The third-order valence-electron chi connectivity index (χ3n) is 9.61. The first kappa shape index (κ1) is 32.8. The molecule has 1 saturated heterocycles. The molecule has 0 aromatic heterocycles. The monoisotopic (exact) mass is 639 g/mol. The standard InChI is InChI=1S/C34H49N5O3S2/c1-24-11-9-12-25(2)38(24)19-7-4-8-20-39-30-22-29(37-44(41,42)23-26-13-5-3-6-14-26)17-18-31(30)43-32(34(39)40)27-15-10-16-28(21-27)33(35)36/h10,15-18,21-22,24-26,32,37H,3-9,11-14,19-20,23H2,1-2H3,(H3,35,36)/t24-,25+,32?. The Bertz CT molecular complexity index is 1420. The number of hydrogen-bond acceptors (Lipinski definition) is 6. The Balaban J connectivity index is 1.32. The van der Waals surface area contributed by atoms with Gasteiger partial charge in [0.1, 0.15) is 11.1 Å². The number of sulfonamides is 1. The second kappa shape index (κ2) is 14.7. The second-order valence-corrected chi connectivity index (χ2v) is 15.9. The zero-order valence-corrected chi connectivity index (χ0v) is 27.9. The van der Waals surface area contributed by atoms with Gasteiger partial charge >= 0.3 is 0 Å². The van der Waals surface area contributed by atoms with Gasteiger partial charge in [-0.2, -0.15) is 0 Å². The molecule has 1 saturated carbocycles. The lowest BCUT2D eigenvalue weighted by molar-refractivity contribution is -0.118. The van der Waals surface area contributed by atoms with E-state index in [0.29, 0.717) is 29.9 Å². The highest BCUT2D eigenvalue weighted by Crippen LogP contribution is 2.47. The van der Waals surface area contributed by atoms with Crippen LogP contribution in [0.1, 0.15) is 101 Å². The molecule has 0 spiro atoms. The number of nitrogens with zero attached hydrogens (tertiary/aromatic N) is 2. The van der Waals surface area contributed by atoms with Crippen molar-refractivity contribution in [1.29, 1.82) is 5.41 Å². The number of benzene rings is 2. The van der Waals surface area contributed by atoms with Crippen LogP contribution in [0.3, 0.4) is 0 Å². The molecule has 8 nitrogen and oxygen atoms in total. The molecule has 0 bridgehead atoms. The molecule has 3 aliphatic rings. The highest BCUT2D eigenvalue weighted by molar-refractivity contribution is 8.00. The van der Waals surface area contributed by atoms with E-state index in [2.05, 4.69) is 23.5 Å². The summed E-state index contributed by atoms with van der Waals surface area (Å²) in [5.41, 5.74) is 8.43. The zero-order valence-electron chi connectivity index (χ0n) is 26.3. The summed E-state index contributed by atoms with van der Waals surface area (Å²) in [7, 11) is -3.50. The van der Waals surface area contributed by atoms with Crippen molar-refractivity contribution in [3.8, 4) is 0 Å². The summed E-state index contributed by atoms with van der Waals surface area (Å²) >= 11 is 1.47. The zero-order chi connectivity index (χ0) is 31.3. The molecule has 2 heterocycles. The van der Waals surface area contributed by atoms with Crippen LogP contribution in [0.15, 0.2) is 47.4 Å². The minimum atomic E-state index is -3.50. The largest absolute Gasteiger partial charge is 0.384 e. The number of amides is 1. The molecule has 10 heteroatoms. The molecule has 1 unspecified atom stereocenters. The number of piperidine rings is 1. The Morgan fingerprint density at radius 1 is 0.955 bits per heavy atom. The van der Waals surface area contributed by atoms with Crippen LogP contribution in [-0.2, 0) is 14.8 Å². The fourth-order valence-electron chi connectivity index (χ4n) is 7.18. The highest BCUT2D eigenvalue weighted by atomic mass is 32.2. The number of carbonyl (C=O) groups excluding carboxylic acids is 1. The van der Waals surface area contributed by atoms with Gasteiger partial charge in [-0.3, -0.25) is 19.8 Å². The molecule has 3 atom stereocenters. The number of nitrogen functional groups attached to an aromatic ring is 1. The lowest BCUT2D eigenvalue weighted by Crippen LogP contribution is -2.44. The van der Waals surface area contributed by atoms with Crippen molar-refractivity contribution in [2.45, 2.75) is 107 Å². The van der Waals surface area contributed by atoms with Crippen LogP contribution in [0.25, 0.3) is 0 Å². The van der Waals surface area contributed by atoms with E-state index >= 15 is 0 Å². The van der Waals surface area contributed by atoms with Gasteiger partial charge in [-0.1, -0.05) is 50.3 Å². The van der Waals surface area contributed by atoms with Crippen molar-refractivity contribution in [1.82, 2.24) is 4.90 Å². The number of nitrogens with one attached hydrogen (secondary N) is 2. The molecule has 240 valence electrons. The Kier molecular flexibility index (Phi) is 11.0. The number of anilines is 2. The Morgan fingerprint density at radius 3 is 2.41 bits per heavy atom. The van der Waals surface area contributed by atoms with Gasteiger partial charge in [0.25, 0.3) is 0 Å². The second-order valence-electron chi connectivity index (χ2n) is 13.0. The van der Waals surface area contributed by atoms with Gasteiger partial charge in [0, 0.05) is 29.1 Å². The number of unbranched alkanes of at least 4 members (excludes halogenated alkanes) is 2. The number of thioether (sulfide) groups is 1. The van der Waals surface area contributed by atoms with Crippen LogP contribution in [0.2, 0.25) is 0 Å². The number of rotatable bonds is 12. The van der Waals surface area contributed by atoms with Gasteiger partial charge in [0.15, 0.2) is 0 Å². The number of nitrogens with two attached hydrogens (primary N) is 1. The number of likely N-dealkylation sites (tertiary alicyclic amines) is 1. The van der Waals surface area contributed by atoms with Crippen LogP contribution in [0.4, 0.5) is 11.4 Å². The first-order valence-electron chi connectivity index (χ1n) is 16.4. The maximum Gasteiger partial charge on any atom is 0.245 e. The third kappa shape index (κ3) is 8.17. The van der Waals surface area contributed by atoms with Crippen molar-refractivity contribution < 1.29 is 13.2 Å². The van der Waals surface area contributed by atoms with E-state index in [1.54, 1.807) is 6.07 Å². The molecule has 1 aliphatic carbocycles. The summed E-state index contributed by atoms with van der Waals surface area (Å²) in [5.74, 6) is 0.295. The van der Waals surface area contributed by atoms with Crippen molar-refractivity contribution >= 4 is 44.9 Å². The summed E-state index contributed by atoms with van der Waals surface area (Å²) in [5, 5.41) is 7.41. The van der Waals surface area contributed by atoms with Crippen LogP contribution in [0.5, 0.6) is 0 Å². The molecule has 4 N–H and O–H groups in total. The molecule has 5 rings (SSSR count). The van der Waals surface area contributed by atoms with Gasteiger partial charge in [-0.25, -0.2) is 8.42 Å². The SMILES string of the molecule is C[C@@H]1CCC[C@H](C)N1CCCCCN1C(=O)C(c2cccc(C(=N)N)c2)Sc2ccc(NS(=O)(=O)CC3CCCCC3)cc21. The van der Waals surface area contributed by atoms with Gasteiger partial charge in [0.05, 0.1) is 17.1 Å². The van der Waals surface area contributed by atoms with Crippen LogP contribution in [-0.4, -0.2) is 56.0 Å². The number of hydrogen-bond donors (Lipinski definition) is 3. The summed E-state index contributed by atoms with van der Waals surface area (Å²) < 4.78 is 29.0. The predicted octanol–water partition coefficient (Wildman–Crippen LogP) is 6.91. The Labute approximate surface area is 268 Å². The molecule has 1 amide bonds. The summed E-state index contributed by atoms with van der Waals surface area (Å²) in [4.78, 5) is 19.5. The smallest absolute Gasteiger partial charge is 0.245 e. The van der Waals surface area contributed by atoms with Crippen molar-refractivity contribution in [3.63, 3.8) is 0 Å². The average Bonchev–Trinajstić information content (AvgIpc) is 2.99. The molecule has 2 aromatic carbocycles. The van der Waals surface area contributed by atoms with E-state index in [4.69, 9.17) is 11.1 Å². The van der Waals surface area contributed by atoms with E-state index in [9.17, 15) is 13.2 Å². The van der Waals surface area contributed by atoms with E-state index < -0.39 is 15.3 Å². The van der Waals surface area contributed by atoms with Crippen LogP contribution < -0.4 is 15.4 Å². The lowest BCUT2D eigenvalue weighted by atomic mass is 9.91. The van der Waals surface area contributed by atoms with Crippen LogP contribution in [0, 0.1) is 11.3 Å². The topological polar surface area (TPSA) is 120 Å². The van der Waals surface area contributed by atoms with Crippen LogP contribution >= 0.6 is 11.8 Å². The average molecular weight is 640 g/mol. The van der Waals surface area contributed by atoms with E-state index in [0.717, 1.165) is 67.6 Å². The van der Waals surface area contributed by atoms with E-state index in [1.165, 1.54) is 37.4 Å². The van der Waals surface area contributed by atoms with E-state index in [-0.39, 0.29) is 23.4 Å². The Morgan fingerprint density at radius 2 is 1.68 bits per heavy atom. The molecule has 2 fully saturated rings. The summed E-state index contributed by atoms with van der Waals surface area (Å²) in [6.45, 7) is 6.31. The van der Waals surface area contributed by atoms with Crippen molar-refractivity contribution in [2.24, 2.45) is 11.7 Å². The third-order valence-corrected chi connectivity index (χ3v) is 12.4. The fourth-order valence-corrected chi connectivity index (χ4v) is 9.91. The van der Waals surface area contributed by atoms with Gasteiger partial charge < -0.3 is 10.6 Å². The van der Waals surface area contributed by atoms with Gasteiger partial charge in [0.2, 0.25) is 15.9 Å². The quantitative estimate of drug-likeness (QED) is 0.132. The molecule has 2 aliphatic heterocycles. The number of amidine groups is 1. The lowest BCUT2D eigenvalue weighted by Gasteiger charge is -2.39. The van der Waals surface area contributed by atoms with Crippen molar-refractivity contribution in [2.75, 3.05) is 28.5 Å². The highest BCUT2D eigenvalue weighted by Gasteiger charge is 2.35. The summed E-state index contributed by atoms with van der Waals surface area (Å²) in [6.07, 6.45) is 12.1. The molecule has 44 heavy (non-hydrogen) atoms. The first-order valence-corrected chi connectivity index (χ1v) is 19.0. The fraction of sp³-hybridized carbons (Fsp3) is 0.588. The maximum atomic E-state index is 14.1. The molecule has 0 radical (unpaired) electrons. The predicted molar refractivity (Wildman–Crippen MR) is 182 cm³/mol. The normalized spacial score (nSPS) is 23.4. The van der Waals surface area contributed by atoms with Gasteiger partial charge in [-0.15, -0.1) is 11.8 Å². The van der Waals surface area contributed by atoms with Crippen molar-refractivity contribution in [3.05, 3.63) is 53.6 Å². The Hall–Kier alpha value is -2.56. The number of carbonyl (C=O) groups is 1. The molecular weight excluding hydrogens is 591 g/mol. The summed E-state index contributed by atoms with van der Waals surface area (Å²) in [6, 6.07) is 14.2. The first-order chi connectivity index (χ1) is 21.1. The van der Waals surface area contributed by atoms with E-state index in [1.807, 2.05) is 41.3 Å². The molecule has 2 aromatic rings. The minimum Gasteiger partial charge on any atom is -0.384 e. The minimum absolute atomic E-state index is 0.0244. The maximum absolute atomic E-state index is 14.1.